The van der Waals surface area contributed by atoms with Crippen LogP contribution < -0.4 is 0 Å². The summed E-state index contributed by atoms with van der Waals surface area (Å²) in [5, 5.41) is 0. The van der Waals surface area contributed by atoms with Crippen molar-refractivity contribution in [2.24, 2.45) is 45.3 Å². The summed E-state index contributed by atoms with van der Waals surface area (Å²) in [5.74, 6) is 7.63. The summed E-state index contributed by atoms with van der Waals surface area (Å²) >= 11 is 0. The largest absolute Gasteiger partial charge is 1.00 e. The zero-order valence-electron chi connectivity index (χ0n) is 49.7. The second-order valence-corrected chi connectivity index (χ2v) is 30.1. The van der Waals surface area contributed by atoms with Crippen molar-refractivity contribution in [3.8, 4) is 45.6 Å². The van der Waals surface area contributed by atoms with E-state index in [4.69, 9.17) is 55.8 Å². The second kappa shape index (κ2) is 22.1. The first kappa shape index (κ1) is 65.8. The van der Waals surface area contributed by atoms with E-state index < -0.39 is 31.3 Å². The number of hydrogen-bond acceptors (Lipinski definition) is 12. The maximum absolute atomic E-state index is 10.7. The molecule has 12 nitrogen and oxygen atoms in total. The third-order valence-corrected chi connectivity index (χ3v) is 23.1. The van der Waals surface area contributed by atoms with Gasteiger partial charge in [-0.3, -0.25) is 19.9 Å². The molecule has 4 saturated carbocycles. The van der Waals surface area contributed by atoms with Crippen molar-refractivity contribution in [1.29, 1.82) is 0 Å². The van der Waals surface area contributed by atoms with Crippen molar-refractivity contribution in [2.75, 3.05) is 0 Å². The number of alkyl halides is 6. The van der Waals surface area contributed by atoms with Crippen LogP contribution >= 0.6 is 0 Å². The molecule has 12 aliphatic rings. The Morgan fingerprint density at radius 1 is 0.360 bits per heavy atom. The molecular weight excluding hydrogens is 1250 g/mol. The van der Waals surface area contributed by atoms with Crippen LogP contribution in [0.5, 0.6) is 0 Å². The van der Waals surface area contributed by atoms with Gasteiger partial charge in [0, 0.05) is 46.4 Å². The zero-order valence-corrected chi connectivity index (χ0v) is 53.2. The molecule has 0 aliphatic heterocycles. The first-order valence-electron chi connectivity index (χ1n) is 28.9. The summed E-state index contributed by atoms with van der Waals surface area (Å²) in [6, 6.07) is 30.6. The van der Waals surface area contributed by atoms with E-state index in [1.165, 1.54) is 70.7 Å². The molecule has 12 atom stereocenters. The normalized spacial score (nSPS) is 28.9. The fourth-order valence-electron chi connectivity index (χ4n) is 16.7. The summed E-state index contributed by atoms with van der Waals surface area (Å²) in [4.78, 5) is 30.8. The number of rotatable bonds is 4. The van der Waals surface area contributed by atoms with Gasteiger partial charge in [-0.2, -0.15) is 26.3 Å². The minimum Gasteiger partial charge on any atom is -0.741 e. The fraction of sp³-hybridized carbons (Fsp3) is 0.531. The third kappa shape index (κ3) is 10.7. The molecule has 0 radical (unpaired) electrons. The van der Waals surface area contributed by atoms with E-state index in [2.05, 4.69) is 168 Å². The Balaban J connectivity index is 0.000000161. The topological polar surface area (TPSA) is 192 Å². The molecule has 6 aromatic rings. The second-order valence-electron chi connectivity index (χ2n) is 27.3. The van der Waals surface area contributed by atoms with Crippen LogP contribution in [0.25, 0.3) is 45.6 Å². The Kier molecular flexibility index (Phi) is 16.9. The molecule has 0 saturated heterocycles. The smallest absolute Gasteiger partial charge is 0.741 e. The molecule has 0 spiro atoms. The molecular formula is C64H70Cu2F6N6O6S2. The average Bonchev–Trinajstić information content (AvgIpc) is 0.742. The van der Waals surface area contributed by atoms with Crippen molar-refractivity contribution in [2.45, 2.75) is 167 Å². The molecule has 0 aromatic carbocycles. The van der Waals surface area contributed by atoms with Gasteiger partial charge in [-0.1, -0.05) is 119 Å². The molecule has 0 amide bonds. The van der Waals surface area contributed by atoms with Crippen molar-refractivity contribution < 1.29 is 86.4 Å². The van der Waals surface area contributed by atoms with E-state index in [-0.39, 0.29) is 34.1 Å². The number of nitrogens with zero attached hydrogens (tertiary/aromatic N) is 6. The van der Waals surface area contributed by atoms with E-state index >= 15 is 0 Å². The van der Waals surface area contributed by atoms with Crippen LogP contribution in [0, 0.1) is 45.3 Å². The van der Waals surface area contributed by atoms with Crippen LogP contribution in [-0.2, 0) is 54.4 Å². The summed E-state index contributed by atoms with van der Waals surface area (Å²) in [7, 11) is -12.2. The van der Waals surface area contributed by atoms with Gasteiger partial charge in [0.15, 0.2) is 20.2 Å². The third-order valence-electron chi connectivity index (χ3n) is 22.0. The van der Waals surface area contributed by atoms with Gasteiger partial charge < -0.3 is 9.11 Å². The summed E-state index contributed by atoms with van der Waals surface area (Å²) in [6.45, 7) is 28.9. The molecule has 8 bridgehead atoms. The molecule has 6 aromatic heterocycles. The zero-order chi connectivity index (χ0) is 61.1. The van der Waals surface area contributed by atoms with Crippen LogP contribution in [0.15, 0.2) is 84.9 Å². The maximum Gasteiger partial charge on any atom is 1.00 e. The molecule has 12 aliphatic carbocycles. The van der Waals surface area contributed by atoms with E-state index in [1.54, 1.807) is 0 Å². The molecule has 6 heterocycles. The number of hydrogen-bond donors (Lipinski definition) is 0. The molecule has 86 heavy (non-hydrogen) atoms. The van der Waals surface area contributed by atoms with E-state index in [9.17, 15) is 26.3 Å². The summed E-state index contributed by atoms with van der Waals surface area (Å²) in [6.07, 6.45) is 5.27. The number of halogens is 6. The Labute approximate surface area is 521 Å². The molecule has 0 unspecified atom stereocenters. The molecule has 18 rings (SSSR count). The van der Waals surface area contributed by atoms with Crippen LogP contribution in [0.1, 0.15) is 201 Å². The molecule has 22 heteroatoms. The minimum atomic E-state index is -6.09. The van der Waals surface area contributed by atoms with Gasteiger partial charge in [0.05, 0.1) is 45.6 Å². The first-order chi connectivity index (χ1) is 38.8. The van der Waals surface area contributed by atoms with Gasteiger partial charge in [-0.25, -0.2) is 26.8 Å². The Bertz CT molecular complexity index is 3440. The number of aromatic nitrogens is 6. The SMILES string of the molecule is C[C@@H]1c2nc(-c3cccc(-c4ccc5c(n4)[C@@H](C)[C@H]4C[C@@H]5C4(C)C)n3)ccc2[C@@H]2C[C@H]1C2(C)C.C[C@@H]1c2nc(-c3cccc(-c4ccc5c(n4)[C@@H](C)[C@H]4C[C@@H]5C4(C)C)n3)ccc2[C@@H]2C[C@H]1C2(C)C.O=S(=O)([O-])C(F)(F)F.O=S(=O)([O-])C(F)(F)F.[Cu+].[Cu+]. The van der Waals surface area contributed by atoms with E-state index in [1.807, 2.05) is 0 Å². The summed E-state index contributed by atoms with van der Waals surface area (Å²) < 4.78 is 118. The quantitative estimate of drug-likeness (QED) is 0.0703. The molecule has 0 N–H and O–H groups in total. The Morgan fingerprint density at radius 2 is 0.535 bits per heavy atom. The van der Waals surface area contributed by atoms with E-state index in [0.29, 0.717) is 69.0 Å². The molecule has 4 fully saturated rings. The van der Waals surface area contributed by atoms with Gasteiger partial charge in [-0.15, -0.1) is 0 Å². The summed E-state index contributed by atoms with van der Waals surface area (Å²) in [5.41, 5.74) is 9.10. The van der Waals surface area contributed by atoms with Crippen LogP contribution in [-0.4, -0.2) is 66.9 Å². The van der Waals surface area contributed by atoms with Gasteiger partial charge in [0.25, 0.3) is 0 Å². The van der Waals surface area contributed by atoms with Crippen molar-refractivity contribution in [1.82, 2.24) is 29.9 Å². The van der Waals surface area contributed by atoms with Crippen LogP contribution in [0.3, 0.4) is 0 Å². The standard InChI is InChI=1S/2C31H35N3.2CHF3O3S.2Cu/c2*1-16-20-14-22(30(20,3)4)18-10-12-26(33-28(16)18)24-8-7-9-25(32-24)27-13-11-19-23-15-21(31(23,5)6)17(2)29(19)34-27;2*2-1(3,4)8(5,6)7;;/h2*7-13,16-17,20-23H,14-15H2,1-6H3;2*(H,5,6,7);;/q;;;;2*+1/p-2/t2*16-,17-,20+,21+,22-,23-;;;;/m00..../s1. The van der Waals surface area contributed by atoms with Gasteiger partial charge in [0.2, 0.25) is 0 Å². The first-order valence-corrected chi connectivity index (χ1v) is 31.7. The van der Waals surface area contributed by atoms with Gasteiger partial charge in [-0.05, 0) is 165 Å². The minimum absolute atomic E-state index is 0. The van der Waals surface area contributed by atoms with Gasteiger partial charge >= 0.3 is 45.2 Å². The van der Waals surface area contributed by atoms with Crippen molar-refractivity contribution in [3.63, 3.8) is 0 Å². The van der Waals surface area contributed by atoms with Crippen LogP contribution in [0.2, 0.25) is 0 Å². The van der Waals surface area contributed by atoms with Crippen molar-refractivity contribution in [3.05, 3.63) is 130 Å². The van der Waals surface area contributed by atoms with Crippen LogP contribution in [0.4, 0.5) is 26.3 Å². The Hall–Kier alpha value is -4.66. The monoisotopic (exact) mass is 1320 g/mol. The Morgan fingerprint density at radius 3 is 0.698 bits per heavy atom. The predicted octanol–water partition coefficient (Wildman–Crippen LogP) is 15.5. The van der Waals surface area contributed by atoms with Gasteiger partial charge in [0.1, 0.15) is 0 Å². The average molecular weight is 1320 g/mol. The maximum atomic E-state index is 10.7. The van der Waals surface area contributed by atoms with Crippen molar-refractivity contribution >= 4 is 20.2 Å². The fourth-order valence-corrected chi connectivity index (χ4v) is 16.7. The molecule has 468 valence electrons. The number of pyridine rings is 6. The van der Waals surface area contributed by atoms with E-state index in [0.717, 1.165) is 69.2 Å². The predicted molar refractivity (Wildman–Crippen MR) is 305 cm³/mol.